The molecule has 0 bridgehead atoms. The Kier molecular flexibility index (Phi) is 3.08. The van der Waals surface area contributed by atoms with Crippen molar-refractivity contribution in [3.63, 3.8) is 0 Å². The lowest BCUT2D eigenvalue weighted by molar-refractivity contribution is -0.993. The third-order valence-electron chi connectivity index (χ3n) is 10.7. The predicted octanol–water partition coefficient (Wildman–Crippen LogP) is 6.96. The molecule has 1 atom stereocenters. The van der Waals surface area contributed by atoms with Crippen LogP contribution in [0.2, 0.25) is 0 Å². The fourth-order valence-corrected chi connectivity index (χ4v) is 10.3. The number of hydrogen-bond acceptors (Lipinski definition) is 2. The van der Waals surface area contributed by atoms with Crippen LogP contribution in [0, 0.1) is 0 Å². The third kappa shape index (κ3) is 1.82. The van der Waals surface area contributed by atoms with Crippen LogP contribution in [0.1, 0.15) is 36.1 Å². The highest BCUT2D eigenvalue weighted by molar-refractivity contribution is 7.99. The number of rotatable bonds is 0. The highest BCUT2D eigenvalue weighted by Gasteiger charge is 2.70. The SMILES string of the molecule is CC1(C)c2ccccc2N2c3ccc4c5cccc6c5n5c4c3C3(c4c(ccc1c42)-n1ccc[n+]13)[n+]1cccc(c1-5)S6. The Balaban J connectivity index is 1.43. The molecule has 0 aliphatic carbocycles. The molecule has 0 saturated heterocycles. The second-order valence-corrected chi connectivity index (χ2v) is 13.8. The van der Waals surface area contributed by atoms with Gasteiger partial charge in [0, 0.05) is 22.3 Å². The van der Waals surface area contributed by atoms with Gasteiger partial charge < -0.3 is 4.90 Å². The van der Waals surface area contributed by atoms with Crippen LogP contribution in [-0.2, 0) is 11.1 Å². The summed E-state index contributed by atoms with van der Waals surface area (Å²) in [6, 6.07) is 32.1. The van der Waals surface area contributed by atoms with Crippen molar-refractivity contribution < 1.29 is 9.25 Å². The Morgan fingerprint density at radius 3 is 2.48 bits per heavy atom. The summed E-state index contributed by atoms with van der Waals surface area (Å²) in [7, 11) is 0. The Morgan fingerprint density at radius 1 is 0.667 bits per heavy atom. The molecule has 0 N–H and O–H groups in total. The lowest BCUT2D eigenvalue weighted by Gasteiger charge is -2.47. The van der Waals surface area contributed by atoms with Gasteiger partial charge in [-0.15, -0.1) is 4.68 Å². The van der Waals surface area contributed by atoms with Crippen LogP contribution in [0.25, 0.3) is 33.3 Å². The van der Waals surface area contributed by atoms with Crippen molar-refractivity contribution in [2.24, 2.45) is 0 Å². The van der Waals surface area contributed by atoms with E-state index in [-0.39, 0.29) is 5.41 Å². The predicted molar refractivity (Wildman–Crippen MR) is 163 cm³/mol. The van der Waals surface area contributed by atoms with E-state index in [1.54, 1.807) is 0 Å². The number of fused-ring (bicyclic) bond motifs is 6. The fraction of sp³-hybridized carbons (Fsp3) is 0.111. The molecule has 8 heterocycles. The van der Waals surface area contributed by atoms with E-state index in [2.05, 4.69) is 141 Å². The van der Waals surface area contributed by atoms with E-state index < -0.39 is 5.66 Å². The van der Waals surface area contributed by atoms with Crippen LogP contribution in [0.4, 0.5) is 17.1 Å². The van der Waals surface area contributed by atoms with Crippen molar-refractivity contribution in [1.82, 2.24) is 9.25 Å². The highest BCUT2D eigenvalue weighted by Crippen LogP contribution is 2.64. The molecule has 0 amide bonds. The number of aromatic nitrogens is 4. The summed E-state index contributed by atoms with van der Waals surface area (Å²) in [5.41, 5.74) is 12.5. The monoisotopic (exact) mass is 557 g/mol. The van der Waals surface area contributed by atoms with Gasteiger partial charge in [-0.05, 0) is 59.7 Å². The molecule has 12 rings (SSSR count). The molecular formula is C36H23N5S+2. The molecule has 5 nitrogen and oxygen atoms in total. The summed E-state index contributed by atoms with van der Waals surface area (Å²) < 4.78 is 10.0. The molecule has 1 unspecified atom stereocenters. The van der Waals surface area contributed by atoms with Gasteiger partial charge in [0.1, 0.15) is 21.7 Å². The molecule has 7 aromatic rings. The normalized spacial score (nSPS) is 19.8. The standard InChI is InChI=1S/C36H23N5S/c1-35(2)22-9-3-4-10-24(22)40-26-15-13-21-20-8-5-11-27-31(20)41-32(21)30(26)36(37-17-6-12-28(42-27)34(37)41)29-25(16-14-23(35)33(29)40)38-18-7-19-39(36)38/h3-19H,1-2H3/q+2. The molecule has 0 saturated carbocycles. The van der Waals surface area contributed by atoms with Gasteiger partial charge in [-0.25, -0.2) is 0 Å². The van der Waals surface area contributed by atoms with Crippen molar-refractivity contribution in [3.8, 4) is 11.5 Å². The van der Waals surface area contributed by atoms with E-state index in [4.69, 9.17) is 0 Å². The summed E-state index contributed by atoms with van der Waals surface area (Å²) in [5, 5.41) is 2.65. The number of benzene rings is 4. The van der Waals surface area contributed by atoms with Gasteiger partial charge >= 0.3 is 11.5 Å². The van der Waals surface area contributed by atoms with Crippen molar-refractivity contribution in [2.45, 2.75) is 34.7 Å². The van der Waals surface area contributed by atoms with Gasteiger partial charge in [-0.2, -0.15) is 9.13 Å². The Morgan fingerprint density at radius 2 is 1.52 bits per heavy atom. The van der Waals surface area contributed by atoms with E-state index in [1.165, 1.54) is 82.4 Å². The average Bonchev–Trinajstić information content (AvgIpc) is 3.70. The number of pyridine rings is 1. The first-order valence-corrected chi connectivity index (χ1v) is 15.5. The van der Waals surface area contributed by atoms with Crippen LogP contribution in [0.3, 0.4) is 0 Å². The van der Waals surface area contributed by atoms with E-state index in [0.29, 0.717) is 0 Å². The second kappa shape index (κ2) is 6.18. The van der Waals surface area contributed by atoms with Gasteiger partial charge in [0.15, 0.2) is 11.0 Å². The minimum Gasteiger partial charge on any atom is -0.308 e. The maximum Gasteiger partial charge on any atom is 0.394 e. The zero-order valence-electron chi connectivity index (χ0n) is 23.0. The molecule has 1 spiro atoms. The largest absolute Gasteiger partial charge is 0.394 e. The molecule has 42 heavy (non-hydrogen) atoms. The van der Waals surface area contributed by atoms with Crippen molar-refractivity contribution in [3.05, 3.63) is 126 Å². The van der Waals surface area contributed by atoms with Gasteiger partial charge in [-0.1, -0.05) is 60.6 Å². The zero-order chi connectivity index (χ0) is 27.3. The highest BCUT2D eigenvalue weighted by atomic mass is 32.2. The van der Waals surface area contributed by atoms with Gasteiger partial charge in [0.25, 0.3) is 0 Å². The third-order valence-corrected chi connectivity index (χ3v) is 11.8. The molecule has 5 aliphatic rings. The maximum absolute atomic E-state index is 2.59. The van der Waals surface area contributed by atoms with E-state index in [1.807, 2.05) is 11.8 Å². The van der Waals surface area contributed by atoms with Crippen LogP contribution in [-0.4, -0.2) is 9.25 Å². The molecule has 0 radical (unpaired) electrons. The van der Waals surface area contributed by atoms with E-state index >= 15 is 0 Å². The summed E-state index contributed by atoms with van der Waals surface area (Å²) in [6.45, 7) is 4.78. The fourth-order valence-electron chi connectivity index (χ4n) is 9.17. The van der Waals surface area contributed by atoms with E-state index in [0.717, 1.165) is 0 Å². The number of para-hydroxylation sites is 2. The van der Waals surface area contributed by atoms with E-state index in [9.17, 15) is 0 Å². The molecular weight excluding hydrogens is 534 g/mol. The lowest BCUT2D eigenvalue weighted by Crippen LogP contribution is -2.77. The number of nitrogens with zero attached hydrogens (tertiary/aromatic N) is 5. The minimum absolute atomic E-state index is 0.142. The van der Waals surface area contributed by atoms with Gasteiger partial charge in [0.2, 0.25) is 6.20 Å². The van der Waals surface area contributed by atoms with Crippen molar-refractivity contribution in [2.75, 3.05) is 4.90 Å². The molecule has 196 valence electrons. The Bertz CT molecular complexity index is 2500. The number of anilines is 3. The molecule has 3 aromatic heterocycles. The summed E-state index contributed by atoms with van der Waals surface area (Å²) >= 11 is 1.90. The second-order valence-electron chi connectivity index (χ2n) is 12.7. The van der Waals surface area contributed by atoms with Crippen LogP contribution >= 0.6 is 11.8 Å². The number of hydrogen-bond donors (Lipinski definition) is 0. The zero-order valence-corrected chi connectivity index (χ0v) is 23.8. The minimum atomic E-state index is -0.564. The molecule has 6 heteroatoms. The summed E-state index contributed by atoms with van der Waals surface area (Å²) in [6.07, 6.45) is 6.82. The Hall–Kier alpha value is -4.81. The Labute approximate surface area is 245 Å². The topological polar surface area (TPSA) is 20.9 Å². The lowest BCUT2D eigenvalue weighted by atomic mass is 9.69. The smallest absolute Gasteiger partial charge is 0.308 e. The van der Waals surface area contributed by atoms with Crippen molar-refractivity contribution >= 4 is 50.6 Å². The molecule has 0 fully saturated rings. The van der Waals surface area contributed by atoms with Gasteiger partial charge in [-0.3, -0.25) is 0 Å². The van der Waals surface area contributed by atoms with Crippen LogP contribution < -0.4 is 14.1 Å². The first kappa shape index (κ1) is 21.0. The first-order chi connectivity index (χ1) is 20.6. The van der Waals surface area contributed by atoms with Crippen LogP contribution in [0.15, 0.2) is 113 Å². The van der Waals surface area contributed by atoms with Crippen LogP contribution in [0.5, 0.6) is 0 Å². The first-order valence-electron chi connectivity index (χ1n) is 14.6. The summed E-state index contributed by atoms with van der Waals surface area (Å²) in [4.78, 5) is 5.21. The maximum atomic E-state index is 2.59. The summed E-state index contributed by atoms with van der Waals surface area (Å²) in [5.74, 6) is 1.26. The molecule has 5 aliphatic heterocycles. The quantitative estimate of drug-likeness (QED) is 0.188. The average molecular weight is 558 g/mol. The van der Waals surface area contributed by atoms with Crippen molar-refractivity contribution in [1.29, 1.82) is 0 Å². The molecule has 4 aromatic carbocycles. The van der Waals surface area contributed by atoms with Gasteiger partial charge in [0.05, 0.1) is 34.4 Å².